The highest BCUT2D eigenvalue weighted by atomic mass is 79.9. The smallest absolute Gasteiger partial charge is 0.236 e. The van der Waals surface area contributed by atoms with Crippen LogP contribution >= 0.6 is 31.9 Å². The molecule has 10 heteroatoms. The zero-order chi connectivity index (χ0) is 22.2. The predicted octanol–water partition coefficient (Wildman–Crippen LogP) is 2.93. The second-order valence-corrected chi connectivity index (χ2v) is 8.90. The van der Waals surface area contributed by atoms with Gasteiger partial charge in [-0.15, -0.1) is 0 Å². The van der Waals surface area contributed by atoms with Crippen LogP contribution in [0.2, 0.25) is 0 Å². The molecule has 0 saturated carbocycles. The van der Waals surface area contributed by atoms with E-state index in [0.29, 0.717) is 23.0 Å². The molecule has 164 valence electrons. The zero-order valence-corrected chi connectivity index (χ0v) is 20.0. The minimum atomic E-state index is -1.43. The molecule has 0 saturated heterocycles. The number of benzene rings is 2. The van der Waals surface area contributed by atoms with Crippen molar-refractivity contribution < 1.29 is 28.5 Å². The largest absolute Gasteiger partial charge is 0.454 e. The molecule has 4 rings (SSSR count). The molecule has 2 N–H and O–H groups in total. The van der Waals surface area contributed by atoms with Crippen LogP contribution in [0.15, 0.2) is 33.2 Å². The normalized spacial score (nSPS) is 13.8. The van der Waals surface area contributed by atoms with Crippen LogP contribution in [0.4, 0.5) is 0 Å². The van der Waals surface area contributed by atoms with Crippen LogP contribution in [0.25, 0.3) is 0 Å². The second-order valence-electron chi connectivity index (χ2n) is 7.19. The Kier molecular flexibility index (Phi) is 6.02. The summed E-state index contributed by atoms with van der Waals surface area (Å²) in [7, 11) is 3.03. The van der Waals surface area contributed by atoms with Crippen LogP contribution in [-0.2, 0) is 22.4 Å². The summed E-state index contributed by atoms with van der Waals surface area (Å²) in [5.41, 5.74) is 0.0530. The number of nitrogens with one attached hydrogen (secondary N) is 2. The van der Waals surface area contributed by atoms with Crippen molar-refractivity contribution in [3.8, 4) is 23.0 Å². The highest BCUT2D eigenvalue weighted by Crippen LogP contribution is 2.43. The van der Waals surface area contributed by atoms with Gasteiger partial charge in [0.1, 0.15) is 5.41 Å². The van der Waals surface area contributed by atoms with Gasteiger partial charge in [-0.05, 0) is 48.2 Å². The molecule has 0 radical (unpaired) electrons. The summed E-state index contributed by atoms with van der Waals surface area (Å²) in [6.45, 7) is 0.261. The molecule has 8 nitrogen and oxygen atoms in total. The Morgan fingerprint density at radius 3 is 1.48 bits per heavy atom. The maximum atomic E-state index is 13.2. The van der Waals surface area contributed by atoms with Crippen LogP contribution in [-0.4, -0.2) is 39.5 Å². The van der Waals surface area contributed by atoms with E-state index in [1.165, 1.54) is 14.1 Å². The molecule has 2 aliphatic rings. The monoisotopic (exact) mass is 554 g/mol. The molecular weight excluding hydrogens is 536 g/mol. The van der Waals surface area contributed by atoms with Crippen molar-refractivity contribution in [2.75, 3.05) is 27.7 Å². The number of rotatable bonds is 6. The van der Waals surface area contributed by atoms with Gasteiger partial charge in [0, 0.05) is 23.0 Å². The molecule has 31 heavy (non-hydrogen) atoms. The molecular formula is C21H20Br2N2O6. The lowest BCUT2D eigenvalue weighted by Gasteiger charge is -2.31. The first-order chi connectivity index (χ1) is 14.9. The van der Waals surface area contributed by atoms with E-state index < -0.39 is 17.2 Å². The third-order valence-electron chi connectivity index (χ3n) is 5.39. The molecule has 0 atom stereocenters. The Bertz CT molecular complexity index is 975. The standard InChI is InChI=1S/C21H20Br2N2O6/c1-24-19(26)21(20(27)25-2,7-11-3-15-17(5-13(11)22)30-9-28-15)8-12-4-16-18(6-14(12)23)31-10-29-16/h3-6H,7-10H2,1-2H3,(H,24,26)(H,25,27). The Morgan fingerprint density at radius 1 is 0.774 bits per heavy atom. The molecule has 0 fully saturated rings. The van der Waals surface area contributed by atoms with Gasteiger partial charge in [-0.25, -0.2) is 0 Å². The number of carbonyl (C=O) groups is 2. The fourth-order valence-corrected chi connectivity index (χ4v) is 4.73. The number of hydrogen-bond acceptors (Lipinski definition) is 6. The zero-order valence-electron chi connectivity index (χ0n) is 16.8. The van der Waals surface area contributed by atoms with Crippen molar-refractivity contribution in [3.05, 3.63) is 44.3 Å². The van der Waals surface area contributed by atoms with E-state index in [4.69, 9.17) is 18.9 Å². The van der Waals surface area contributed by atoms with Crippen LogP contribution < -0.4 is 29.6 Å². The summed E-state index contributed by atoms with van der Waals surface area (Å²) < 4.78 is 23.2. The molecule has 0 aromatic heterocycles. The lowest BCUT2D eigenvalue weighted by atomic mass is 9.74. The van der Waals surface area contributed by atoms with Gasteiger partial charge in [-0.3, -0.25) is 9.59 Å². The summed E-state index contributed by atoms with van der Waals surface area (Å²) >= 11 is 7.08. The van der Waals surface area contributed by atoms with Gasteiger partial charge in [0.15, 0.2) is 23.0 Å². The second kappa shape index (κ2) is 8.58. The van der Waals surface area contributed by atoms with E-state index in [1.807, 2.05) is 0 Å². The molecule has 0 bridgehead atoms. The van der Waals surface area contributed by atoms with E-state index in [1.54, 1.807) is 24.3 Å². The molecule has 2 aromatic carbocycles. The SMILES string of the molecule is CNC(=O)C(Cc1cc2c(cc1Br)OCO2)(Cc1cc2c(cc1Br)OCO2)C(=O)NC. The third-order valence-corrected chi connectivity index (χ3v) is 6.87. The average Bonchev–Trinajstić information content (AvgIpc) is 3.40. The van der Waals surface area contributed by atoms with E-state index in [9.17, 15) is 9.59 Å². The summed E-state index contributed by atoms with van der Waals surface area (Å²) in [4.78, 5) is 26.4. The van der Waals surface area contributed by atoms with Crippen molar-refractivity contribution in [2.45, 2.75) is 12.8 Å². The average molecular weight is 556 g/mol. The Balaban J connectivity index is 1.79. The van der Waals surface area contributed by atoms with Gasteiger partial charge in [0.05, 0.1) is 0 Å². The first-order valence-corrected chi connectivity index (χ1v) is 11.1. The van der Waals surface area contributed by atoms with E-state index in [2.05, 4.69) is 42.5 Å². The fourth-order valence-electron chi connectivity index (χ4n) is 3.80. The van der Waals surface area contributed by atoms with Crippen molar-refractivity contribution >= 4 is 43.7 Å². The van der Waals surface area contributed by atoms with Gasteiger partial charge < -0.3 is 29.6 Å². The van der Waals surface area contributed by atoms with E-state index >= 15 is 0 Å². The highest BCUT2D eigenvalue weighted by molar-refractivity contribution is 9.10. The van der Waals surface area contributed by atoms with Crippen LogP contribution in [0.1, 0.15) is 11.1 Å². The molecule has 2 heterocycles. The molecule has 2 aromatic rings. The lowest BCUT2D eigenvalue weighted by molar-refractivity contribution is -0.143. The molecule has 0 spiro atoms. The van der Waals surface area contributed by atoms with Gasteiger partial charge in [-0.2, -0.15) is 0 Å². The first kappa shape index (κ1) is 21.8. The number of fused-ring (bicyclic) bond motifs is 2. The Hall–Kier alpha value is -2.46. The number of hydrogen-bond donors (Lipinski definition) is 2. The maximum Gasteiger partial charge on any atom is 0.236 e. The Labute approximate surface area is 195 Å². The highest BCUT2D eigenvalue weighted by Gasteiger charge is 2.46. The number of amides is 2. The van der Waals surface area contributed by atoms with Crippen LogP contribution in [0, 0.1) is 5.41 Å². The minimum Gasteiger partial charge on any atom is -0.454 e. The summed E-state index contributed by atoms with van der Waals surface area (Å²) in [6.07, 6.45) is 0.259. The molecule has 0 aliphatic carbocycles. The molecule has 0 unspecified atom stereocenters. The summed E-state index contributed by atoms with van der Waals surface area (Å²) in [5.74, 6) is 1.57. The number of carbonyl (C=O) groups excluding carboxylic acids is 2. The summed E-state index contributed by atoms with van der Waals surface area (Å²) in [5, 5.41) is 5.33. The quantitative estimate of drug-likeness (QED) is 0.532. The molecule has 2 amide bonds. The van der Waals surface area contributed by atoms with Crippen molar-refractivity contribution in [1.29, 1.82) is 0 Å². The van der Waals surface area contributed by atoms with Crippen LogP contribution in [0.3, 0.4) is 0 Å². The maximum absolute atomic E-state index is 13.2. The van der Waals surface area contributed by atoms with E-state index in [0.717, 1.165) is 20.1 Å². The Morgan fingerprint density at radius 2 is 1.13 bits per heavy atom. The van der Waals surface area contributed by atoms with Crippen molar-refractivity contribution in [3.63, 3.8) is 0 Å². The van der Waals surface area contributed by atoms with Gasteiger partial charge in [0.2, 0.25) is 25.4 Å². The number of ether oxygens (including phenoxy) is 4. The van der Waals surface area contributed by atoms with Crippen LogP contribution in [0.5, 0.6) is 23.0 Å². The number of halogens is 2. The van der Waals surface area contributed by atoms with Crippen molar-refractivity contribution in [2.24, 2.45) is 5.41 Å². The minimum absolute atomic E-state index is 0.129. The third kappa shape index (κ3) is 3.94. The fraction of sp³-hybridized carbons (Fsp3) is 0.333. The van der Waals surface area contributed by atoms with Crippen molar-refractivity contribution in [1.82, 2.24) is 10.6 Å². The first-order valence-electron chi connectivity index (χ1n) is 9.48. The van der Waals surface area contributed by atoms with E-state index in [-0.39, 0.29) is 26.4 Å². The molecule has 2 aliphatic heterocycles. The van der Waals surface area contributed by atoms with Gasteiger partial charge >= 0.3 is 0 Å². The lowest BCUT2D eigenvalue weighted by Crippen LogP contribution is -2.52. The van der Waals surface area contributed by atoms with Gasteiger partial charge in [-0.1, -0.05) is 31.9 Å². The predicted molar refractivity (Wildman–Crippen MR) is 119 cm³/mol. The summed E-state index contributed by atoms with van der Waals surface area (Å²) in [6, 6.07) is 7.16. The topological polar surface area (TPSA) is 95.1 Å². The van der Waals surface area contributed by atoms with Gasteiger partial charge in [0.25, 0.3) is 0 Å².